The van der Waals surface area contributed by atoms with Gasteiger partial charge in [-0.15, -0.1) is 11.8 Å². The monoisotopic (exact) mass is 311 g/mol. The molecule has 7 heteroatoms. The zero-order valence-corrected chi connectivity index (χ0v) is 13.0. The molecule has 0 aromatic rings. The average Bonchev–Trinajstić information content (AvgIpc) is 2.34. The van der Waals surface area contributed by atoms with Crippen LogP contribution < -0.4 is 5.32 Å². The molecule has 0 aliphatic rings. The lowest BCUT2D eigenvalue weighted by molar-refractivity contribution is 0.0645. The molecule has 3 nitrogen and oxygen atoms in total. The molecule has 0 radical (unpaired) electrons. The SMILES string of the molecule is C=N/C=C(/Cl)C(=NCCC(F)C(C)(F)CNC)SC. The first-order valence-electron chi connectivity index (χ1n) is 5.77. The largest absolute Gasteiger partial charge is 0.316 e. The standard InChI is InChI=1S/C12H20ClF2N3S/c1-12(15,8-17-3)10(14)5-6-18-11(19-4)9(13)7-16-2/h7,10,17H,2,5-6,8H2,1,3-4H3/b9-7+,18-11?. The number of halogens is 3. The maximum atomic E-state index is 13.8. The second kappa shape index (κ2) is 9.44. The second-order valence-electron chi connectivity index (χ2n) is 4.12. The molecule has 0 rings (SSSR count). The Bertz CT molecular complexity index is 346. The van der Waals surface area contributed by atoms with E-state index < -0.39 is 11.8 Å². The third-order valence-corrected chi connectivity index (χ3v) is 3.54. The van der Waals surface area contributed by atoms with E-state index in [1.807, 2.05) is 0 Å². The van der Waals surface area contributed by atoms with E-state index in [2.05, 4.69) is 22.0 Å². The maximum Gasteiger partial charge on any atom is 0.151 e. The van der Waals surface area contributed by atoms with Crippen LogP contribution in [0.1, 0.15) is 13.3 Å². The van der Waals surface area contributed by atoms with Gasteiger partial charge in [-0.05, 0) is 26.9 Å². The fourth-order valence-corrected chi connectivity index (χ4v) is 2.24. The van der Waals surface area contributed by atoms with Crippen molar-refractivity contribution in [3.63, 3.8) is 0 Å². The lowest BCUT2D eigenvalue weighted by Gasteiger charge is -2.23. The molecule has 2 atom stereocenters. The van der Waals surface area contributed by atoms with Crippen LogP contribution in [0.2, 0.25) is 0 Å². The van der Waals surface area contributed by atoms with Crippen LogP contribution >= 0.6 is 23.4 Å². The fourth-order valence-electron chi connectivity index (χ4n) is 1.41. The maximum absolute atomic E-state index is 13.8. The Hall–Kier alpha value is -0.460. The van der Waals surface area contributed by atoms with Crippen molar-refractivity contribution < 1.29 is 8.78 Å². The quantitative estimate of drug-likeness (QED) is 0.552. The van der Waals surface area contributed by atoms with Crippen LogP contribution in [-0.2, 0) is 0 Å². The normalized spacial score (nSPS) is 18.0. The molecular weight excluding hydrogens is 292 g/mol. The predicted octanol–water partition coefficient (Wildman–Crippen LogP) is 3.20. The van der Waals surface area contributed by atoms with Gasteiger partial charge in [0.05, 0.1) is 5.03 Å². The Morgan fingerprint density at radius 3 is 2.74 bits per heavy atom. The van der Waals surface area contributed by atoms with E-state index in [4.69, 9.17) is 11.6 Å². The summed E-state index contributed by atoms with van der Waals surface area (Å²) in [5.74, 6) is 0. The summed E-state index contributed by atoms with van der Waals surface area (Å²) in [5.41, 5.74) is -1.90. The molecule has 0 fully saturated rings. The van der Waals surface area contributed by atoms with Crippen molar-refractivity contribution in [2.45, 2.75) is 25.2 Å². The van der Waals surface area contributed by atoms with E-state index >= 15 is 0 Å². The Labute approximate surface area is 122 Å². The number of hydrogen-bond donors (Lipinski definition) is 1. The topological polar surface area (TPSA) is 36.8 Å². The summed E-state index contributed by atoms with van der Waals surface area (Å²) in [7, 11) is 1.58. The van der Waals surface area contributed by atoms with Crippen LogP contribution in [0.15, 0.2) is 21.2 Å². The van der Waals surface area contributed by atoms with Gasteiger partial charge in [-0.3, -0.25) is 9.98 Å². The van der Waals surface area contributed by atoms with Crippen LogP contribution in [0.4, 0.5) is 8.78 Å². The molecule has 0 saturated heterocycles. The third kappa shape index (κ3) is 7.03. The molecule has 0 aliphatic heterocycles. The molecule has 0 bridgehead atoms. The van der Waals surface area contributed by atoms with Gasteiger partial charge < -0.3 is 5.32 Å². The van der Waals surface area contributed by atoms with Crippen molar-refractivity contribution in [2.24, 2.45) is 9.98 Å². The summed E-state index contributed by atoms with van der Waals surface area (Å²) >= 11 is 7.22. The number of thioether (sulfide) groups is 1. The second-order valence-corrected chi connectivity index (χ2v) is 5.32. The van der Waals surface area contributed by atoms with Crippen LogP contribution in [0.3, 0.4) is 0 Å². The molecule has 0 aromatic carbocycles. The molecule has 0 amide bonds. The highest BCUT2D eigenvalue weighted by Gasteiger charge is 2.33. The van der Waals surface area contributed by atoms with Gasteiger partial charge in [-0.2, -0.15) is 0 Å². The minimum atomic E-state index is -1.90. The van der Waals surface area contributed by atoms with Gasteiger partial charge in [0.25, 0.3) is 0 Å². The van der Waals surface area contributed by atoms with E-state index in [0.717, 1.165) is 0 Å². The minimum absolute atomic E-state index is 0.00439. The van der Waals surface area contributed by atoms with E-state index in [0.29, 0.717) is 10.1 Å². The van der Waals surface area contributed by atoms with Gasteiger partial charge in [0.15, 0.2) is 5.67 Å². The van der Waals surface area contributed by atoms with E-state index in [1.165, 1.54) is 24.9 Å². The highest BCUT2D eigenvalue weighted by Crippen LogP contribution is 2.21. The van der Waals surface area contributed by atoms with Gasteiger partial charge >= 0.3 is 0 Å². The van der Waals surface area contributed by atoms with E-state index in [9.17, 15) is 8.78 Å². The van der Waals surface area contributed by atoms with Crippen molar-refractivity contribution in [3.8, 4) is 0 Å². The molecular formula is C12H20ClF2N3S. The van der Waals surface area contributed by atoms with Gasteiger partial charge in [0, 0.05) is 25.7 Å². The molecule has 2 unspecified atom stereocenters. The third-order valence-electron chi connectivity index (χ3n) is 2.42. The van der Waals surface area contributed by atoms with Crippen molar-refractivity contribution in [1.29, 1.82) is 0 Å². The molecule has 19 heavy (non-hydrogen) atoms. The van der Waals surface area contributed by atoms with Gasteiger partial charge in [-0.25, -0.2) is 8.78 Å². The first-order valence-corrected chi connectivity index (χ1v) is 7.37. The first-order chi connectivity index (χ1) is 8.88. The Morgan fingerprint density at radius 2 is 2.26 bits per heavy atom. The summed E-state index contributed by atoms with van der Waals surface area (Å²) in [4.78, 5) is 7.67. The van der Waals surface area contributed by atoms with E-state index in [1.54, 1.807) is 13.3 Å². The average molecular weight is 312 g/mol. The number of nitrogens with one attached hydrogen (secondary N) is 1. The van der Waals surface area contributed by atoms with Crippen molar-refractivity contribution >= 4 is 35.1 Å². The van der Waals surface area contributed by atoms with Crippen molar-refractivity contribution in [3.05, 3.63) is 11.2 Å². The van der Waals surface area contributed by atoms with Gasteiger partial charge in [-0.1, -0.05) is 11.6 Å². The van der Waals surface area contributed by atoms with E-state index in [-0.39, 0.29) is 19.5 Å². The predicted molar refractivity (Wildman–Crippen MR) is 82.3 cm³/mol. The lowest BCUT2D eigenvalue weighted by Crippen LogP contribution is -2.41. The molecule has 0 heterocycles. The summed E-state index contributed by atoms with van der Waals surface area (Å²) in [6.07, 6.45) is 1.59. The summed E-state index contributed by atoms with van der Waals surface area (Å²) in [6.45, 7) is 4.66. The molecule has 0 aliphatic carbocycles. The zero-order chi connectivity index (χ0) is 14.9. The van der Waals surface area contributed by atoms with Crippen LogP contribution in [0.25, 0.3) is 0 Å². The van der Waals surface area contributed by atoms with Gasteiger partial charge in [0.1, 0.15) is 11.2 Å². The molecule has 0 spiro atoms. The smallest absolute Gasteiger partial charge is 0.151 e. The number of hydrogen-bond acceptors (Lipinski definition) is 4. The minimum Gasteiger partial charge on any atom is -0.316 e. The van der Waals surface area contributed by atoms with Crippen LogP contribution in [0.5, 0.6) is 0 Å². The summed E-state index contributed by atoms with van der Waals surface area (Å²) < 4.78 is 27.5. The fraction of sp³-hybridized carbons (Fsp3) is 0.667. The molecule has 0 aromatic heterocycles. The summed E-state index contributed by atoms with van der Waals surface area (Å²) in [6, 6.07) is 0. The number of aliphatic imine (C=N–C) groups is 2. The van der Waals surface area contributed by atoms with Crippen LogP contribution in [-0.4, -0.2) is 50.0 Å². The first kappa shape index (κ1) is 18.5. The van der Waals surface area contributed by atoms with Crippen LogP contribution in [0, 0.1) is 0 Å². The highest BCUT2D eigenvalue weighted by molar-refractivity contribution is 8.14. The number of nitrogens with zero attached hydrogens (tertiary/aromatic N) is 2. The number of alkyl halides is 2. The molecule has 110 valence electrons. The lowest BCUT2D eigenvalue weighted by atomic mass is 10.00. The van der Waals surface area contributed by atoms with Gasteiger partial charge in [0.2, 0.25) is 0 Å². The highest BCUT2D eigenvalue weighted by atomic mass is 35.5. The van der Waals surface area contributed by atoms with Crippen molar-refractivity contribution in [2.75, 3.05) is 26.4 Å². The van der Waals surface area contributed by atoms with Crippen molar-refractivity contribution in [1.82, 2.24) is 5.32 Å². The summed E-state index contributed by atoms with van der Waals surface area (Å²) in [5, 5.41) is 3.51. The molecule has 0 saturated carbocycles. The Balaban J connectivity index is 4.47. The Kier molecular flexibility index (Phi) is 9.22. The number of rotatable bonds is 8. The zero-order valence-electron chi connectivity index (χ0n) is 11.4. The Morgan fingerprint density at radius 1 is 1.63 bits per heavy atom. The molecule has 1 N–H and O–H groups in total.